The van der Waals surface area contributed by atoms with Crippen molar-refractivity contribution < 1.29 is 17.6 Å². The Morgan fingerprint density at radius 3 is 2.40 bits per heavy atom. The van der Waals surface area contributed by atoms with Gasteiger partial charge in [0.25, 0.3) is 5.91 Å². The third-order valence-corrected chi connectivity index (χ3v) is 6.30. The maximum absolute atomic E-state index is 14.3. The molecule has 0 saturated heterocycles. The van der Waals surface area contributed by atoms with Crippen LogP contribution in [0, 0.1) is 5.82 Å². The quantitative estimate of drug-likeness (QED) is 0.548. The number of carbonyl (C=O) groups is 1. The average molecular weight is 447 g/mol. The summed E-state index contributed by atoms with van der Waals surface area (Å²) in [6.45, 7) is 1.91. The molecule has 0 aliphatic carbocycles. The topological polar surface area (TPSA) is 75.3 Å². The number of hydrogen-bond acceptors (Lipinski definition) is 3. The number of nitrogens with one attached hydrogen (secondary N) is 2. The molecule has 0 aromatic heterocycles. The molecule has 3 aromatic rings. The van der Waals surface area contributed by atoms with E-state index in [2.05, 4.69) is 10.0 Å². The van der Waals surface area contributed by atoms with E-state index < -0.39 is 26.6 Å². The summed E-state index contributed by atoms with van der Waals surface area (Å²) >= 11 is 6.03. The van der Waals surface area contributed by atoms with E-state index in [-0.39, 0.29) is 12.1 Å². The standard InChI is InChI=1S/C22H20ClFN2O3S/c1-2-15-7-10-18(11-8-15)26-22(27)16-9-12-20(24)21(13-16)30(28,29)25-14-17-5-3-4-6-19(17)23/h3-13,25H,2,14H2,1H3,(H,26,27). The van der Waals surface area contributed by atoms with E-state index in [1.807, 2.05) is 19.1 Å². The van der Waals surface area contributed by atoms with Crippen LogP contribution in [0.2, 0.25) is 5.02 Å². The van der Waals surface area contributed by atoms with Crippen molar-refractivity contribution >= 4 is 33.2 Å². The largest absolute Gasteiger partial charge is 0.322 e. The van der Waals surface area contributed by atoms with Crippen LogP contribution in [-0.2, 0) is 23.0 Å². The molecule has 30 heavy (non-hydrogen) atoms. The molecule has 0 radical (unpaired) electrons. The molecule has 0 saturated carbocycles. The molecule has 0 aliphatic heterocycles. The fourth-order valence-corrected chi connectivity index (χ4v) is 4.08. The molecule has 1 amide bonds. The van der Waals surface area contributed by atoms with Crippen molar-refractivity contribution in [2.24, 2.45) is 0 Å². The van der Waals surface area contributed by atoms with Gasteiger partial charge in [0, 0.05) is 22.8 Å². The van der Waals surface area contributed by atoms with Gasteiger partial charge >= 0.3 is 0 Å². The van der Waals surface area contributed by atoms with Crippen LogP contribution in [0.1, 0.15) is 28.4 Å². The van der Waals surface area contributed by atoms with Crippen LogP contribution in [0.5, 0.6) is 0 Å². The van der Waals surface area contributed by atoms with Crippen molar-refractivity contribution in [2.75, 3.05) is 5.32 Å². The second kappa shape index (κ2) is 9.38. The molecule has 156 valence electrons. The Morgan fingerprint density at radius 2 is 1.73 bits per heavy atom. The van der Waals surface area contributed by atoms with Crippen molar-refractivity contribution in [3.05, 3.63) is 94.3 Å². The lowest BCUT2D eigenvalue weighted by Gasteiger charge is -2.11. The summed E-state index contributed by atoms with van der Waals surface area (Å²) in [6, 6.07) is 17.2. The zero-order valence-corrected chi connectivity index (χ0v) is 17.7. The van der Waals surface area contributed by atoms with E-state index in [1.165, 1.54) is 6.07 Å². The molecule has 2 N–H and O–H groups in total. The summed E-state index contributed by atoms with van der Waals surface area (Å²) < 4.78 is 41.8. The molecule has 0 atom stereocenters. The summed E-state index contributed by atoms with van der Waals surface area (Å²) in [5.74, 6) is -1.49. The first-order chi connectivity index (χ1) is 14.3. The van der Waals surface area contributed by atoms with E-state index in [0.29, 0.717) is 16.3 Å². The number of benzene rings is 3. The Hall–Kier alpha value is -2.74. The highest BCUT2D eigenvalue weighted by Crippen LogP contribution is 2.20. The van der Waals surface area contributed by atoms with Gasteiger partial charge in [0.15, 0.2) is 0 Å². The van der Waals surface area contributed by atoms with E-state index in [0.717, 1.165) is 24.1 Å². The molecule has 0 heterocycles. The molecule has 0 aliphatic rings. The molecule has 8 heteroatoms. The molecule has 3 rings (SSSR count). The molecule has 0 fully saturated rings. The number of carbonyl (C=O) groups excluding carboxylic acids is 1. The second-order valence-corrected chi connectivity index (χ2v) is 8.71. The van der Waals surface area contributed by atoms with Gasteiger partial charge in [-0.1, -0.05) is 48.9 Å². The predicted molar refractivity (Wildman–Crippen MR) is 116 cm³/mol. The molecule has 5 nitrogen and oxygen atoms in total. The lowest BCUT2D eigenvalue weighted by Crippen LogP contribution is -2.25. The van der Waals surface area contributed by atoms with Crippen LogP contribution in [0.3, 0.4) is 0 Å². The van der Waals surface area contributed by atoms with Crippen LogP contribution in [0.25, 0.3) is 0 Å². The first kappa shape index (κ1) is 22.0. The summed E-state index contributed by atoms with van der Waals surface area (Å²) in [4.78, 5) is 11.9. The van der Waals surface area contributed by atoms with Crippen LogP contribution >= 0.6 is 11.6 Å². The normalized spacial score (nSPS) is 11.3. The first-order valence-corrected chi connectivity index (χ1v) is 11.1. The van der Waals surface area contributed by atoms with Crippen molar-refractivity contribution in [2.45, 2.75) is 24.8 Å². The van der Waals surface area contributed by atoms with E-state index >= 15 is 0 Å². The molecular weight excluding hydrogens is 427 g/mol. The van der Waals surface area contributed by atoms with Gasteiger partial charge in [-0.15, -0.1) is 0 Å². The monoisotopic (exact) mass is 446 g/mol. The Balaban J connectivity index is 1.79. The summed E-state index contributed by atoms with van der Waals surface area (Å²) in [5, 5.41) is 3.07. The maximum Gasteiger partial charge on any atom is 0.255 e. The second-order valence-electron chi connectivity index (χ2n) is 6.57. The number of amides is 1. The Morgan fingerprint density at radius 1 is 1.03 bits per heavy atom. The van der Waals surface area contributed by atoms with Gasteiger partial charge in [-0.3, -0.25) is 4.79 Å². The first-order valence-electron chi connectivity index (χ1n) is 9.23. The third-order valence-electron chi connectivity index (χ3n) is 4.51. The summed E-state index contributed by atoms with van der Waals surface area (Å²) in [7, 11) is -4.21. The highest BCUT2D eigenvalue weighted by Gasteiger charge is 2.21. The van der Waals surface area contributed by atoms with Crippen LogP contribution < -0.4 is 10.0 Å². The van der Waals surface area contributed by atoms with Gasteiger partial charge in [-0.25, -0.2) is 17.5 Å². The van der Waals surface area contributed by atoms with Crippen molar-refractivity contribution in [3.63, 3.8) is 0 Å². The number of anilines is 1. The number of hydrogen-bond donors (Lipinski definition) is 2. The molecule has 0 bridgehead atoms. The van der Waals surface area contributed by atoms with Gasteiger partial charge in [0.05, 0.1) is 0 Å². The number of sulfonamides is 1. The van der Waals surface area contributed by atoms with Crippen molar-refractivity contribution in [1.82, 2.24) is 4.72 Å². The summed E-state index contributed by atoms with van der Waals surface area (Å²) in [6.07, 6.45) is 0.870. The molecular formula is C22H20ClFN2O3S. The SMILES string of the molecule is CCc1ccc(NC(=O)c2ccc(F)c(S(=O)(=O)NCc3ccccc3Cl)c2)cc1. The van der Waals surface area contributed by atoms with Crippen LogP contribution in [-0.4, -0.2) is 14.3 Å². The Bertz CT molecular complexity index is 1170. The van der Waals surface area contributed by atoms with Crippen LogP contribution in [0.15, 0.2) is 71.6 Å². The zero-order chi connectivity index (χ0) is 21.7. The highest BCUT2D eigenvalue weighted by atomic mass is 35.5. The minimum atomic E-state index is -4.21. The number of aryl methyl sites for hydroxylation is 1. The average Bonchev–Trinajstić information content (AvgIpc) is 2.74. The van der Waals surface area contributed by atoms with Crippen molar-refractivity contribution in [1.29, 1.82) is 0 Å². The van der Waals surface area contributed by atoms with Gasteiger partial charge in [-0.2, -0.15) is 0 Å². The van der Waals surface area contributed by atoms with E-state index in [4.69, 9.17) is 11.6 Å². The van der Waals surface area contributed by atoms with Crippen LogP contribution in [0.4, 0.5) is 10.1 Å². The minimum Gasteiger partial charge on any atom is -0.322 e. The molecule has 0 spiro atoms. The fourth-order valence-electron chi connectivity index (χ4n) is 2.77. The minimum absolute atomic E-state index is 0.0223. The third kappa shape index (κ3) is 5.24. The van der Waals surface area contributed by atoms with E-state index in [9.17, 15) is 17.6 Å². The van der Waals surface area contributed by atoms with Gasteiger partial charge in [0.2, 0.25) is 10.0 Å². The summed E-state index contributed by atoms with van der Waals surface area (Å²) in [5.41, 5.74) is 2.25. The Kier molecular flexibility index (Phi) is 6.87. The van der Waals surface area contributed by atoms with Gasteiger partial charge in [0.1, 0.15) is 10.7 Å². The Labute approximate surface area is 179 Å². The van der Waals surface area contributed by atoms with Gasteiger partial charge < -0.3 is 5.32 Å². The zero-order valence-electron chi connectivity index (χ0n) is 16.2. The number of rotatable bonds is 7. The molecule has 3 aromatic carbocycles. The number of halogens is 2. The van der Waals surface area contributed by atoms with E-state index in [1.54, 1.807) is 36.4 Å². The van der Waals surface area contributed by atoms with Crippen molar-refractivity contribution in [3.8, 4) is 0 Å². The highest BCUT2D eigenvalue weighted by molar-refractivity contribution is 7.89. The lowest BCUT2D eigenvalue weighted by molar-refractivity contribution is 0.102. The maximum atomic E-state index is 14.3. The molecule has 0 unspecified atom stereocenters. The van der Waals surface area contributed by atoms with Gasteiger partial charge in [-0.05, 0) is 53.9 Å². The fraction of sp³-hybridized carbons (Fsp3) is 0.136. The lowest BCUT2D eigenvalue weighted by atomic mass is 10.1. The predicted octanol–water partition coefficient (Wildman–Crippen LogP) is 4.77. The smallest absolute Gasteiger partial charge is 0.255 e.